The van der Waals surface area contributed by atoms with Gasteiger partial charge in [0.05, 0.1) is 35.5 Å². The number of aromatic nitrogens is 3. The first kappa shape index (κ1) is 39.8. The highest BCUT2D eigenvalue weighted by Gasteiger charge is 2.19. The number of guanidine groups is 2. The largest absolute Gasteiger partial charge is 0.369 e. The SMILES string of the molecule is C/C(=N\NC=N)c1cc(NC(=O)c2nc(C(=O)Nc3cc(/C(C)=N/NC(=N)N)cc(/C(C)=N/NC(=N)N)c3)n[nH]2)cc(/C(C)=N/NC=N)c1.CN. The molecule has 22 heteroatoms. The third-order valence-corrected chi connectivity index (χ3v) is 6.24. The van der Waals surface area contributed by atoms with Crippen molar-refractivity contribution in [1.82, 2.24) is 36.9 Å². The Morgan fingerprint density at radius 3 is 1.41 bits per heavy atom. The van der Waals surface area contributed by atoms with Crippen LogP contribution < -0.4 is 49.5 Å². The van der Waals surface area contributed by atoms with Gasteiger partial charge in [-0.1, -0.05) is 0 Å². The van der Waals surface area contributed by atoms with Crippen LogP contribution in [0.2, 0.25) is 0 Å². The molecule has 0 fully saturated rings. The Labute approximate surface area is 291 Å². The van der Waals surface area contributed by atoms with Gasteiger partial charge in [-0.25, -0.2) is 10.9 Å². The molecule has 0 unspecified atom stereocenters. The molecule has 17 N–H and O–H groups in total. The Kier molecular flexibility index (Phi) is 15.2. The van der Waals surface area contributed by atoms with Gasteiger partial charge in [-0.15, -0.1) is 5.10 Å². The van der Waals surface area contributed by atoms with Crippen LogP contribution in [0.4, 0.5) is 11.4 Å². The summed E-state index contributed by atoms with van der Waals surface area (Å²) in [7, 11) is 1.50. The van der Waals surface area contributed by atoms with E-state index in [1.165, 1.54) is 7.05 Å². The van der Waals surface area contributed by atoms with Gasteiger partial charge in [0.1, 0.15) is 0 Å². The van der Waals surface area contributed by atoms with E-state index >= 15 is 0 Å². The summed E-state index contributed by atoms with van der Waals surface area (Å²) >= 11 is 0. The molecular weight excluding hydrogens is 660 g/mol. The van der Waals surface area contributed by atoms with Crippen molar-refractivity contribution in [2.75, 3.05) is 17.7 Å². The topological polar surface area (TPSA) is 371 Å². The van der Waals surface area contributed by atoms with E-state index in [0.717, 1.165) is 12.7 Å². The van der Waals surface area contributed by atoms with Gasteiger partial charge in [0, 0.05) is 33.6 Å². The van der Waals surface area contributed by atoms with E-state index in [1.807, 2.05) is 0 Å². The number of anilines is 2. The van der Waals surface area contributed by atoms with Crippen LogP contribution in [0.15, 0.2) is 56.8 Å². The molecule has 1 aromatic heterocycles. The number of hydrogen-bond donors (Lipinski definition) is 14. The van der Waals surface area contributed by atoms with E-state index in [0.29, 0.717) is 50.8 Å². The van der Waals surface area contributed by atoms with E-state index in [-0.39, 0.29) is 29.3 Å². The molecule has 3 aromatic rings. The third-order valence-electron chi connectivity index (χ3n) is 6.24. The fraction of sp³-hybridized carbons (Fsp3) is 0.172. The number of nitrogens with two attached hydrogens (primary N) is 3. The van der Waals surface area contributed by atoms with Crippen LogP contribution in [-0.2, 0) is 0 Å². The highest BCUT2D eigenvalue weighted by Crippen LogP contribution is 2.19. The fourth-order valence-corrected chi connectivity index (χ4v) is 3.88. The fourth-order valence-electron chi connectivity index (χ4n) is 3.88. The molecule has 0 aliphatic rings. The smallest absolute Gasteiger partial charge is 0.295 e. The summed E-state index contributed by atoms with van der Waals surface area (Å²) in [5.74, 6) is -2.77. The first-order chi connectivity index (χ1) is 24.3. The number of carbonyl (C=O) groups excluding carboxylic acids is 2. The number of benzene rings is 2. The summed E-state index contributed by atoms with van der Waals surface area (Å²) in [5, 5.41) is 57.0. The van der Waals surface area contributed by atoms with Gasteiger partial charge < -0.3 is 27.8 Å². The Hall–Kier alpha value is -7.36. The number of hydrogen-bond acceptors (Lipinski definition) is 13. The maximum Gasteiger partial charge on any atom is 0.295 e. The standard InChI is InChI=1S/C28H35N19O2.CH5N/c1-13(40-35-11-29)17-5-18(14(2)41-36-12-30)8-21(7-17)37-25(48)23-39-24(45-44-23)26(49)38-22-9-19(15(3)42-46-27(31)32)6-20(10-22)16(4)43-47-28(33)34;1-2/h5-12H,1-4H3,(H2,29,35)(H2,30,36)(H,37,48)(H,38,49)(H4,31,32,46)(H4,33,34,47)(H,39,44,45);2H2,1H3/b40-13+,41-14+,42-15+,43-16+;. The van der Waals surface area contributed by atoms with E-state index in [4.69, 9.17) is 33.1 Å². The van der Waals surface area contributed by atoms with Crippen molar-refractivity contribution in [3.05, 3.63) is 70.3 Å². The number of rotatable bonds is 14. The van der Waals surface area contributed by atoms with Crippen LogP contribution in [-0.4, -0.2) is 81.5 Å². The summed E-state index contributed by atoms with van der Waals surface area (Å²) in [5.41, 5.74) is 29.5. The van der Waals surface area contributed by atoms with Gasteiger partial charge in [0.2, 0.25) is 23.6 Å². The summed E-state index contributed by atoms with van der Waals surface area (Å²) in [6.45, 7) is 6.72. The average molecular weight is 701 g/mol. The van der Waals surface area contributed by atoms with Crippen molar-refractivity contribution in [3.8, 4) is 0 Å². The highest BCUT2D eigenvalue weighted by atomic mass is 16.2. The van der Waals surface area contributed by atoms with Crippen molar-refractivity contribution in [2.45, 2.75) is 27.7 Å². The molecule has 3 rings (SSSR count). The minimum atomic E-state index is -0.744. The molecular formula is C29H40N20O2. The predicted octanol–water partition coefficient (Wildman–Crippen LogP) is 0.140. The lowest BCUT2D eigenvalue weighted by atomic mass is 10.0. The summed E-state index contributed by atoms with van der Waals surface area (Å²) in [4.78, 5) is 30.4. The molecule has 0 aliphatic carbocycles. The Balaban J connectivity index is 0.00000442. The highest BCUT2D eigenvalue weighted by molar-refractivity contribution is 6.10. The lowest BCUT2D eigenvalue weighted by molar-refractivity contribution is 0.101. The molecule has 0 atom stereocenters. The molecule has 0 radical (unpaired) electrons. The van der Waals surface area contributed by atoms with Crippen LogP contribution in [0.5, 0.6) is 0 Å². The van der Waals surface area contributed by atoms with Gasteiger partial charge in [0.15, 0.2) is 0 Å². The number of aromatic amines is 1. The minimum Gasteiger partial charge on any atom is -0.369 e. The first-order valence-electron chi connectivity index (χ1n) is 14.6. The Bertz CT molecular complexity index is 1810. The Morgan fingerprint density at radius 2 is 1.04 bits per heavy atom. The second-order valence-corrected chi connectivity index (χ2v) is 9.90. The van der Waals surface area contributed by atoms with Crippen molar-refractivity contribution < 1.29 is 9.59 Å². The van der Waals surface area contributed by atoms with Crippen LogP contribution in [0.25, 0.3) is 0 Å². The summed E-state index contributed by atoms with van der Waals surface area (Å²) in [6.07, 6.45) is 1.83. The zero-order chi connectivity index (χ0) is 38.1. The summed E-state index contributed by atoms with van der Waals surface area (Å²) < 4.78 is 0. The lowest BCUT2D eigenvalue weighted by Crippen LogP contribution is -2.27. The molecule has 2 aromatic carbocycles. The van der Waals surface area contributed by atoms with E-state index in [9.17, 15) is 9.59 Å². The number of nitrogens with zero attached hydrogens (tertiary/aromatic N) is 6. The zero-order valence-electron chi connectivity index (χ0n) is 28.4. The zero-order valence-corrected chi connectivity index (χ0v) is 28.4. The normalized spacial score (nSPS) is 11.6. The van der Waals surface area contributed by atoms with Crippen molar-refractivity contribution in [2.24, 2.45) is 37.6 Å². The molecule has 268 valence electrons. The number of carbonyl (C=O) groups is 2. The van der Waals surface area contributed by atoms with Gasteiger partial charge >= 0.3 is 0 Å². The third kappa shape index (κ3) is 12.3. The van der Waals surface area contributed by atoms with E-state index < -0.39 is 11.8 Å². The number of hydrazone groups is 4. The van der Waals surface area contributed by atoms with Crippen LogP contribution in [0.1, 0.15) is 71.2 Å². The van der Waals surface area contributed by atoms with Gasteiger partial charge in [-0.05, 0) is 71.1 Å². The molecule has 0 bridgehead atoms. The Morgan fingerprint density at radius 1 is 0.667 bits per heavy atom. The predicted molar refractivity (Wildman–Crippen MR) is 198 cm³/mol. The van der Waals surface area contributed by atoms with E-state index in [1.54, 1.807) is 64.1 Å². The second-order valence-electron chi connectivity index (χ2n) is 9.90. The molecule has 51 heavy (non-hydrogen) atoms. The van der Waals surface area contributed by atoms with Crippen molar-refractivity contribution >= 4 is 70.6 Å². The average Bonchev–Trinajstić information content (AvgIpc) is 3.62. The van der Waals surface area contributed by atoms with Crippen molar-refractivity contribution in [3.63, 3.8) is 0 Å². The van der Waals surface area contributed by atoms with E-state index in [2.05, 4.69) is 73.7 Å². The maximum atomic E-state index is 13.2. The lowest BCUT2D eigenvalue weighted by Gasteiger charge is -2.11. The van der Waals surface area contributed by atoms with Crippen molar-refractivity contribution in [1.29, 1.82) is 21.6 Å². The molecule has 0 saturated heterocycles. The van der Waals surface area contributed by atoms with Gasteiger partial charge in [-0.3, -0.25) is 47.2 Å². The van der Waals surface area contributed by atoms with Crippen LogP contribution in [0, 0.1) is 21.6 Å². The molecule has 2 amide bonds. The summed E-state index contributed by atoms with van der Waals surface area (Å²) in [6, 6.07) is 9.97. The number of nitrogens with one attached hydrogen (secondary N) is 11. The quantitative estimate of drug-likeness (QED) is 0.0609. The molecule has 0 spiro atoms. The van der Waals surface area contributed by atoms with Gasteiger partial charge in [0.25, 0.3) is 11.8 Å². The maximum absolute atomic E-state index is 13.2. The van der Waals surface area contributed by atoms with Crippen LogP contribution >= 0.6 is 0 Å². The second kappa shape index (κ2) is 19.5. The minimum absolute atomic E-state index is 0.255. The first-order valence-corrected chi connectivity index (χ1v) is 14.6. The van der Waals surface area contributed by atoms with Crippen LogP contribution in [0.3, 0.4) is 0 Å². The molecule has 0 saturated carbocycles. The number of H-pyrrole nitrogens is 1. The monoisotopic (exact) mass is 700 g/mol. The van der Waals surface area contributed by atoms with Gasteiger partial charge in [-0.2, -0.15) is 25.4 Å². The molecule has 1 heterocycles. The molecule has 22 nitrogen and oxygen atoms in total. The number of amides is 2. The molecule has 0 aliphatic heterocycles.